The van der Waals surface area contributed by atoms with Crippen LogP contribution in [0.1, 0.15) is 49.3 Å². The summed E-state index contributed by atoms with van der Waals surface area (Å²) in [4.78, 5) is 44.0. The number of unbranched alkanes of at least 4 members (excludes halogenated alkanes) is 1. The van der Waals surface area contributed by atoms with Crippen molar-refractivity contribution in [2.75, 3.05) is 18.4 Å². The van der Waals surface area contributed by atoms with E-state index in [-0.39, 0.29) is 23.8 Å². The number of nitrogens with one attached hydrogen (secondary N) is 1. The van der Waals surface area contributed by atoms with Crippen LogP contribution in [0.25, 0.3) is 0 Å². The zero-order chi connectivity index (χ0) is 19.8. The molecule has 148 valence electrons. The van der Waals surface area contributed by atoms with E-state index in [2.05, 4.69) is 23.2 Å². The Kier molecular flexibility index (Phi) is 3.76. The third-order valence-corrected chi connectivity index (χ3v) is 7.27. The highest BCUT2D eigenvalue weighted by atomic mass is 16.2. The molecule has 1 aromatic carbocycles. The van der Waals surface area contributed by atoms with Crippen molar-refractivity contribution in [2.45, 2.75) is 58.0 Å². The first-order chi connectivity index (χ1) is 13.4. The molecule has 4 heterocycles. The highest BCUT2D eigenvalue weighted by Gasteiger charge is 2.74. The first-order valence-corrected chi connectivity index (χ1v) is 10.5. The molecule has 0 saturated carbocycles. The number of aryl methyl sites for hydroxylation is 2. The largest absolute Gasteiger partial charge is 0.324 e. The summed E-state index contributed by atoms with van der Waals surface area (Å²) in [6, 6.07) is 4.08. The molecule has 0 aromatic heterocycles. The molecule has 4 atom stereocenters. The lowest BCUT2D eigenvalue weighted by Crippen LogP contribution is -2.54. The van der Waals surface area contributed by atoms with Gasteiger partial charge in [0.05, 0.1) is 11.8 Å². The Balaban J connectivity index is 1.71. The molecule has 0 radical (unpaired) electrons. The average molecular weight is 381 g/mol. The summed E-state index contributed by atoms with van der Waals surface area (Å²) in [5.74, 6) is -1.36. The predicted molar refractivity (Wildman–Crippen MR) is 105 cm³/mol. The molecule has 3 saturated heterocycles. The highest BCUT2D eigenvalue weighted by molar-refractivity contribution is 6.15. The van der Waals surface area contributed by atoms with Crippen LogP contribution >= 0.6 is 0 Å². The molecule has 4 aliphatic rings. The van der Waals surface area contributed by atoms with Gasteiger partial charge in [-0.2, -0.15) is 0 Å². The van der Waals surface area contributed by atoms with Gasteiger partial charge in [-0.1, -0.05) is 31.0 Å². The fourth-order valence-electron chi connectivity index (χ4n) is 6.26. The number of rotatable bonds is 3. The maximum Gasteiger partial charge on any atom is 0.250 e. The number of hydrogen-bond acceptors (Lipinski definition) is 4. The molecule has 1 aromatic rings. The number of amides is 3. The number of fused-ring (bicyclic) bond motifs is 7. The van der Waals surface area contributed by atoms with Crippen LogP contribution in [-0.4, -0.2) is 46.7 Å². The van der Waals surface area contributed by atoms with Crippen LogP contribution in [0.15, 0.2) is 12.1 Å². The van der Waals surface area contributed by atoms with E-state index in [1.807, 2.05) is 19.9 Å². The van der Waals surface area contributed by atoms with E-state index in [1.54, 1.807) is 0 Å². The number of nitrogens with zero attached hydrogens (tertiary/aromatic N) is 2. The zero-order valence-electron chi connectivity index (χ0n) is 16.7. The highest BCUT2D eigenvalue weighted by Crippen LogP contribution is 2.60. The molecule has 5 rings (SSSR count). The molecule has 28 heavy (non-hydrogen) atoms. The number of anilines is 1. The normalized spacial score (nSPS) is 33.6. The molecule has 6 nitrogen and oxygen atoms in total. The number of carbonyl (C=O) groups is 3. The van der Waals surface area contributed by atoms with Crippen molar-refractivity contribution in [3.8, 4) is 0 Å². The first kappa shape index (κ1) is 17.9. The van der Waals surface area contributed by atoms with Gasteiger partial charge in [0.2, 0.25) is 17.7 Å². The second kappa shape index (κ2) is 5.89. The monoisotopic (exact) mass is 381 g/mol. The zero-order valence-corrected chi connectivity index (χ0v) is 16.7. The first-order valence-electron chi connectivity index (χ1n) is 10.5. The van der Waals surface area contributed by atoms with E-state index in [1.165, 1.54) is 4.90 Å². The van der Waals surface area contributed by atoms with Crippen LogP contribution in [0.2, 0.25) is 0 Å². The third kappa shape index (κ3) is 1.94. The van der Waals surface area contributed by atoms with Gasteiger partial charge in [-0.05, 0) is 45.2 Å². The second-order valence-electron chi connectivity index (χ2n) is 8.81. The van der Waals surface area contributed by atoms with Gasteiger partial charge in [-0.25, -0.2) is 0 Å². The quantitative estimate of drug-likeness (QED) is 0.816. The van der Waals surface area contributed by atoms with Crippen molar-refractivity contribution >= 4 is 23.4 Å². The topological polar surface area (TPSA) is 69.7 Å². The van der Waals surface area contributed by atoms with Gasteiger partial charge in [-0.15, -0.1) is 0 Å². The van der Waals surface area contributed by atoms with Gasteiger partial charge in [-0.3, -0.25) is 24.2 Å². The summed E-state index contributed by atoms with van der Waals surface area (Å²) in [5.41, 5.74) is 2.78. The molecule has 1 spiro atoms. The maximum absolute atomic E-state index is 13.5. The van der Waals surface area contributed by atoms with Crippen LogP contribution < -0.4 is 5.32 Å². The molecule has 1 N–H and O–H groups in total. The summed E-state index contributed by atoms with van der Waals surface area (Å²) in [5, 5.41) is 3.08. The average Bonchev–Trinajstić information content (AvgIpc) is 3.34. The molecular weight excluding hydrogens is 354 g/mol. The van der Waals surface area contributed by atoms with Crippen LogP contribution in [0, 0.1) is 25.7 Å². The molecule has 6 heteroatoms. The Morgan fingerprint density at radius 2 is 1.96 bits per heavy atom. The van der Waals surface area contributed by atoms with E-state index < -0.39 is 17.4 Å². The van der Waals surface area contributed by atoms with Crippen molar-refractivity contribution in [3.05, 3.63) is 28.8 Å². The number of likely N-dealkylation sites (tertiary alicyclic amines) is 1. The lowest BCUT2D eigenvalue weighted by atomic mass is 9.75. The predicted octanol–water partition coefficient (Wildman–Crippen LogP) is 2.33. The van der Waals surface area contributed by atoms with Crippen molar-refractivity contribution in [1.82, 2.24) is 9.80 Å². The van der Waals surface area contributed by atoms with Gasteiger partial charge >= 0.3 is 0 Å². The molecule has 3 amide bonds. The molecule has 0 bridgehead atoms. The molecule has 4 unspecified atom stereocenters. The minimum Gasteiger partial charge on any atom is -0.324 e. The number of hydrogen-bond donors (Lipinski definition) is 1. The Hall–Kier alpha value is -2.21. The fraction of sp³-hybridized carbons (Fsp3) is 0.591. The Bertz CT molecular complexity index is 911. The minimum atomic E-state index is -1.04. The van der Waals surface area contributed by atoms with E-state index in [0.29, 0.717) is 6.54 Å². The van der Waals surface area contributed by atoms with Crippen LogP contribution in [0.3, 0.4) is 0 Å². The van der Waals surface area contributed by atoms with Gasteiger partial charge in [0.25, 0.3) is 0 Å². The van der Waals surface area contributed by atoms with Gasteiger partial charge in [0.15, 0.2) is 0 Å². The van der Waals surface area contributed by atoms with Crippen LogP contribution in [-0.2, 0) is 19.9 Å². The lowest BCUT2D eigenvalue weighted by molar-refractivity contribution is -0.145. The summed E-state index contributed by atoms with van der Waals surface area (Å²) in [7, 11) is 0. The van der Waals surface area contributed by atoms with Crippen molar-refractivity contribution in [2.24, 2.45) is 11.8 Å². The minimum absolute atomic E-state index is 0.0226. The van der Waals surface area contributed by atoms with Crippen molar-refractivity contribution < 1.29 is 14.4 Å². The van der Waals surface area contributed by atoms with Crippen molar-refractivity contribution in [1.29, 1.82) is 0 Å². The van der Waals surface area contributed by atoms with Gasteiger partial charge < -0.3 is 5.32 Å². The maximum atomic E-state index is 13.5. The van der Waals surface area contributed by atoms with Gasteiger partial charge in [0.1, 0.15) is 5.54 Å². The standard InChI is InChI=1S/C22H27N3O3/c1-4-5-8-24-19(26)16-15-7-6-9-25(15)22(17(16)20(24)27)14-11-12(2)10-13(3)18(14)23-21(22)28/h10-11,15-17H,4-9H2,1-3H3,(H,23,28). The second-order valence-corrected chi connectivity index (χ2v) is 8.81. The van der Waals surface area contributed by atoms with Crippen LogP contribution in [0.5, 0.6) is 0 Å². The fourth-order valence-corrected chi connectivity index (χ4v) is 6.26. The number of imide groups is 1. The van der Waals surface area contributed by atoms with E-state index in [0.717, 1.165) is 54.6 Å². The van der Waals surface area contributed by atoms with Gasteiger partial charge in [0, 0.05) is 23.8 Å². The molecule has 4 aliphatic heterocycles. The summed E-state index contributed by atoms with van der Waals surface area (Å²) in [6.45, 7) is 7.29. The molecule has 0 aliphatic carbocycles. The van der Waals surface area contributed by atoms with Crippen LogP contribution in [0.4, 0.5) is 5.69 Å². The number of benzene rings is 1. The number of carbonyl (C=O) groups excluding carboxylic acids is 3. The smallest absolute Gasteiger partial charge is 0.250 e. The summed E-state index contributed by atoms with van der Waals surface area (Å²) >= 11 is 0. The SMILES string of the molecule is CCCCN1C(=O)C2C3CCCN3C3(C(=O)Nc4c(C)cc(C)cc43)C2C1=O. The van der Waals surface area contributed by atoms with Crippen molar-refractivity contribution in [3.63, 3.8) is 0 Å². The Labute approximate surface area is 165 Å². The summed E-state index contributed by atoms with van der Waals surface area (Å²) < 4.78 is 0. The van der Waals surface area contributed by atoms with E-state index in [4.69, 9.17) is 0 Å². The Morgan fingerprint density at radius 1 is 1.18 bits per heavy atom. The third-order valence-electron chi connectivity index (χ3n) is 7.27. The Morgan fingerprint density at radius 3 is 2.71 bits per heavy atom. The molecule has 3 fully saturated rings. The lowest BCUT2D eigenvalue weighted by Gasteiger charge is -2.36. The van der Waals surface area contributed by atoms with E-state index >= 15 is 0 Å². The molecular formula is C22H27N3O3. The van der Waals surface area contributed by atoms with E-state index in [9.17, 15) is 14.4 Å². The summed E-state index contributed by atoms with van der Waals surface area (Å²) in [6.07, 6.45) is 3.56.